The molecule has 3 aromatic rings. The summed E-state index contributed by atoms with van der Waals surface area (Å²) in [7, 11) is 1.16. The molecule has 3 rings (SSSR count). The second-order valence-electron chi connectivity index (χ2n) is 5.09. The molecule has 0 saturated carbocycles. The van der Waals surface area contributed by atoms with E-state index in [0.717, 1.165) is 40.8 Å². The fraction of sp³-hybridized carbons (Fsp3) is 0.267. The van der Waals surface area contributed by atoms with E-state index in [1.807, 2.05) is 26.8 Å². The first kappa shape index (κ1) is 13.9. The minimum atomic E-state index is -0.355. The average Bonchev–Trinajstić information content (AvgIpc) is 2.75. The highest BCUT2D eigenvalue weighted by atomic mass is 16.4. The molecule has 0 atom stereocenters. The Balaban J connectivity index is 2.40. The average molecular weight is 284 g/mol. The van der Waals surface area contributed by atoms with Crippen LogP contribution in [0, 0.1) is 20.8 Å². The molecule has 107 valence electrons. The van der Waals surface area contributed by atoms with E-state index in [4.69, 9.17) is 19.1 Å². The first-order valence-electron chi connectivity index (χ1n) is 6.64. The minimum Gasteiger partial charge on any atom is -0.461 e. The fourth-order valence-corrected chi connectivity index (χ4v) is 2.66. The lowest BCUT2D eigenvalue weighted by molar-refractivity contribution is 0.322. The summed E-state index contributed by atoms with van der Waals surface area (Å²) in [5.41, 5.74) is 8.84. The number of furan rings is 1. The van der Waals surface area contributed by atoms with Gasteiger partial charge in [0.1, 0.15) is 16.9 Å². The molecule has 21 heavy (non-hydrogen) atoms. The molecule has 0 bridgehead atoms. The Bertz CT molecular complexity index is 894. The van der Waals surface area contributed by atoms with Crippen LogP contribution in [0.1, 0.15) is 22.5 Å². The van der Waals surface area contributed by atoms with Crippen molar-refractivity contribution in [2.75, 3.05) is 0 Å². The van der Waals surface area contributed by atoms with Gasteiger partial charge in [-0.15, -0.1) is 0 Å². The zero-order valence-corrected chi connectivity index (χ0v) is 12.1. The van der Waals surface area contributed by atoms with Crippen molar-refractivity contribution in [2.24, 2.45) is 5.64 Å². The summed E-state index contributed by atoms with van der Waals surface area (Å²) >= 11 is 0. The molecule has 0 spiro atoms. The summed E-state index contributed by atoms with van der Waals surface area (Å²) in [6.45, 7) is 6.00. The number of rotatable bonds is 3. The number of hydrogen-bond donors (Lipinski definition) is 1. The van der Waals surface area contributed by atoms with Gasteiger partial charge in [0.05, 0.1) is 6.61 Å². The van der Waals surface area contributed by atoms with Crippen LogP contribution in [0.3, 0.4) is 0 Å². The van der Waals surface area contributed by atoms with E-state index in [1.165, 1.54) is 6.07 Å². The summed E-state index contributed by atoms with van der Waals surface area (Å²) in [4.78, 5) is 11.6. The highest BCUT2D eigenvalue weighted by molar-refractivity contribution is 6.22. The predicted octanol–water partition coefficient (Wildman–Crippen LogP) is 2.47. The Kier molecular flexibility index (Phi) is 3.35. The van der Waals surface area contributed by atoms with Gasteiger partial charge in [-0.2, -0.15) is 0 Å². The van der Waals surface area contributed by atoms with Gasteiger partial charge in [-0.3, -0.25) is 0 Å². The minimum absolute atomic E-state index is 0.343. The lowest BCUT2D eigenvalue weighted by atomic mass is 10.0. The molecular formula is C15H15BNO4. The van der Waals surface area contributed by atoms with Gasteiger partial charge < -0.3 is 19.1 Å². The summed E-state index contributed by atoms with van der Waals surface area (Å²) in [5, 5.41) is 1.86. The Morgan fingerprint density at radius 2 is 1.86 bits per heavy atom. The Hall–Kier alpha value is -2.05. The number of benzene rings is 1. The van der Waals surface area contributed by atoms with Crippen LogP contribution in [-0.2, 0) is 11.3 Å². The third-order valence-corrected chi connectivity index (χ3v) is 3.75. The van der Waals surface area contributed by atoms with Gasteiger partial charge in [-0.1, -0.05) is 0 Å². The zero-order chi connectivity index (χ0) is 15.1. The van der Waals surface area contributed by atoms with E-state index in [2.05, 4.69) is 0 Å². The van der Waals surface area contributed by atoms with Crippen molar-refractivity contribution in [3.05, 3.63) is 45.0 Å². The van der Waals surface area contributed by atoms with Gasteiger partial charge >= 0.3 is 13.2 Å². The number of aryl methyl sites for hydroxylation is 3. The number of fused-ring (bicyclic) bond motifs is 2. The molecule has 5 nitrogen and oxygen atoms in total. The van der Waals surface area contributed by atoms with Gasteiger partial charge in [0.25, 0.3) is 0 Å². The Labute approximate surface area is 122 Å². The standard InChI is InChI=1S/C15H15BNO4/c1-7-4-13(18)21-14-8(2)15-11(5-10(7)14)12(6-19-16-17)9(3)20-15/h4-5H,6,17H2,1-3H3. The summed E-state index contributed by atoms with van der Waals surface area (Å²) in [6.07, 6.45) is 0. The largest absolute Gasteiger partial charge is 0.461 e. The smallest absolute Gasteiger partial charge is 0.393 e. The van der Waals surface area contributed by atoms with Crippen molar-refractivity contribution in [3.63, 3.8) is 0 Å². The predicted molar refractivity (Wildman–Crippen MR) is 81.2 cm³/mol. The lowest BCUT2D eigenvalue weighted by Crippen LogP contribution is -2.09. The normalized spacial score (nSPS) is 11.4. The van der Waals surface area contributed by atoms with E-state index < -0.39 is 0 Å². The third kappa shape index (κ3) is 2.16. The molecule has 0 fully saturated rings. The van der Waals surface area contributed by atoms with E-state index in [1.54, 1.807) is 0 Å². The van der Waals surface area contributed by atoms with Crippen molar-refractivity contribution in [3.8, 4) is 0 Å². The topological polar surface area (TPSA) is 78.6 Å². The Morgan fingerprint density at radius 3 is 2.57 bits per heavy atom. The van der Waals surface area contributed by atoms with Crippen LogP contribution < -0.4 is 11.3 Å². The van der Waals surface area contributed by atoms with Gasteiger partial charge in [-0.25, -0.2) is 4.79 Å². The van der Waals surface area contributed by atoms with Crippen molar-refractivity contribution >= 4 is 29.6 Å². The van der Waals surface area contributed by atoms with Gasteiger partial charge in [-0.05, 0) is 32.4 Å². The highest BCUT2D eigenvalue weighted by Gasteiger charge is 2.17. The molecule has 2 heterocycles. The van der Waals surface area contributed by atoms with E-state index in [9.17, 15) is 4.79 Å². The molecule has 1 aromatic carbocycles. The van der Waals surface area contributed by atoms with Crippen LogP contribution in [0.4, 0.5) is 0 Å². The molecule has 2 aromatic heterocycles. The lowest BCUT2D eigenvalue weighted by Gasteiger charge is -2.05. The maximum Gasteiger partial charge on any atom is 0.393 e. The van der Waals surface area contributed by atoms with Crippen molar-refractivity contribution in [1.82, 2.24) is 0 Å². The molecule has 1 radical (unpaired) electrons. The summed E-state index contributed by atoms with van der Waals surface area (Å²) in [5.74, 6) is 0.769. The molecule has 6 heteroatoms. The van der Waals surface area contributed by atoms with Crippen LogP contribution in [0.15, 0.2) is 25.8 Å². The maximum atomic E-state index is 11.6. The first-order chi connectivity index (χ1) is 10.0. The number of hydrogen-bond acceptors (Lipinski definition) is 5. The second-order valence-corrected chi connectivity index (χ2v) is 5.09. The second kappa shape index (κ2) is 5.05. The van der Waals surface area contributed by atoms with Crippen LogP contribution in [0.25, 0.3) is 21.9 Å². The highest BCUT2D eigenvalue weighted by Crippen LogP contribution is 2.34. The zero-order valence-electron chi connectivity index (χ0n) is 12.1. The van der Waals surface area contributed by atoms with Gasteiger partial charge in [0.15, 0.2) is 0 Å². The van der Waals surface area contributed by atoms with E-state index >= 15 is 0 Å². The fourth-order valence-electron chi connectivity index (χ4n) is 2.66. The van der Waals surface area contributed by atoms with Gasteiger partial charge in [0.2, 0.25) is 0 Å². The van der Waals surface area contributed by atoms with Crippen LogP contribution in [-0.4, -0.2) is 7.62 Å². The molecule has 0 amide bonds. The molecule has 0 unspecified atom stereocenters. The molecule has 0 saturated heterocycles. The van der Waals surface area contributed by atoms with Gasteiger partial charge in [0, 0.05) is 28.0 Å². The Morgan fingerprint density at radius 1 is 1.14 bits per heavy atom. The van der Waals surface area contributed by atoms with E-state index in [-0.39, 0.29) is 5.63 Å². The van der Waals surface area contributed by atoms with Crippen molar-refractivity contribution < 1.29 is 13.5 Å². The summed E-state index contributed by atoms with van der Waals surface area (Å²) in [6, 6.07) is 3.46. The molecule has 0 aliphatic carbocycles. The quantitative estimate of drug-likeness (QED) is 0.590. The monoisotopic (exact) mass is 284 g/mol. The molecular weight excluding hydrogens is 269 g/mol. The SMILES string of the molecule is Cc1oc2c(C)c3oc(=O)cc(C)c3cc2c1CO[B]N. The van der Waals surface area contributed by atoms with Crippen LogP contribution in [0.2, 0.25) is 0 Å². The van der Waals surface area contributed by atoms with Crippen molar-refractivity contribution in [2.45, 2.75) is 27.4 Å². The first-order valence-corrected chi connectivity index (χ1v) is 6.64. The van der Waals surface area contributed by atoms with Crippen LogP contribution >= 0.6 is 0 Å². The van der Waals surface area contributed by atoms with Crippen molar-refractivity contribution in [1.29, 1.82) is 0 Å². The van der Waals surface area contributed by atoms with E-state index in [0.29, 0.717) is 17.8 Å². The molecule has 0 aliphatic rings. The maximum absolute atomic E-state index is 11.6. The third-order valence-electron chi connectivity index (χ3n) is 3.75. The number of nitrogens with two attached hydrogens (primary N) is 1. The molecule has 2 N–H and O–H groups in total. The summed E-state index contributed by atoms with van der Waals surface area (Å²) < 4.78 is 16.3. The van der Waals surface area contributed by atoms with Crippen LogP contribution in [0.5, 0.6) is 0 Å². The molecule has 0 aliphatic heterocycles.